The van der Waals surface area contributed by atoms with Crippen LogP contribution in [0.3, 0.4) is 0 Å². The second-order valence-corrected chi connectivity index (χ2v) is 23.5. The predicted molar refractivity (Wildman–Crippen MR) is 325 cm³/mol. The van der Waals surface area contributed by atoms with Crippen LogP contribution in [-0.4, -0.2) is 33.1 Å². The van der Waals surface area contributed by atoms with Crippen LogP contribution >= 0.6 is 0 Å². The molecule has 0 fully saturated rings. The van der Waals surface area contributed by atoms with Crippen molar-refractivity contribution in [2.24, 2.45) is 0 Å². The van der Waals surface area contributed by atoms with E-state index < -0.39 is 11.2 Å². The molecule has 0 aliphatic rings. The quantitative estimate of drug-likeness (QED) is 0.0420. The summed E-state index contributed by atoms with van der Waals surface area (Å²) in [5.74, 6) is 0. The third-order valence-corrected chi connectivity index (χ3v) is 16.4. The highest BCUT2D eigenvalue weighted by atomic mass is 16.4. The number of unbranched alkanes of at least 4 members (excludes halogenated alkanes) is 48. The predicted octanol–water partition coefficient (Wildman–Crippen LogP) is 23.4. The number of hydrogen-bond donors (Lipinski definition) is 3. The first-order valence-electron chi connectivity index (χ1n) is 33.5. The molecule has 1 atom stereocenters. The van der Waals surface area contributed by atoms with E-state index in [0.29, 0.717) is 19.3 Å². The molecule has 0 spiro atoms. The molecule has 0 rings (SSSR count). The summed E-state index contributed by atoms with van der Waals surface area (Å²) in [5.41, 5.74) is -2.60. The van der Waals surface area contributed by atoms with Gasteiger partial charge < -0.3 is 15.3 Å². The van der Waals surface area contributed by atoms with Gasteiger partial charge in [0.15, 0.2) is 0 Å². The first kappa shape index (κ1) is 71.1. The van der Waals surface area contributed by atoms with Gasteiger partial charge in [0.2, 0.25) is 0 Å². The molecule has 0 saturated heterocycles. The third kappa shape index (κ3) is 49.9. The first-order valence-corrected chi connectivity index (χ1v) is 33.5. The van der Waals surface area contributed by atoms with Crippen LogP contribution < -0.4 is 0 Å². The van der Waals surface area contributed by atoms with Crippen molar-refractivity contribution < 1.29 is 15.3 Å². The Morgan fingerprint density at radius 1 is 0.208 bits per heavy atom. The van der Waals surface area contributed by atoms with Gasteiger partial charge in [-0.1, -0.05) is 327 Å². The lowest BCUT2D eigenvalue weighted by Gasteiger charge is -2.43. The minimum absolute atomic E-state index is 0.330. The smallest absolute Gasteiger partial charge is 0.116 e. The lowest BCUT2D eigenvalue weighted by molar-refractivity contribution is -0.185. The summed E-state index contributed by atoms with van der Waals surface area (Å²) in [7, 11) is 0. The molecule has 0 aliphatic carbocycles. The lowest BCUT2D eigenvalue weighted by atomic mass is 9.73. The Morgan fingerprint density at radius 3 is 0.542 bits per heavy atom. The molecule has 0 aromatic heterocycles. The monoisotopic (exact) mass is 1010 g/mol. The van der Waals surface area contributed by atoms with Gasteiger partial charge in [0.1, 0.15) is 5.60 Å². The Balaban J connectivity index is 4.47. The van der Waals surface area contributed by atoms with E-state index in [1.165, 1.54) is 308 Å². The van der Waals surface area contributed by atoms with Crippen molar-refractivity contribution in [3.8, 4) is 0 Å². The van der Waals surface area contributed by atoms with Crippen LogP contribution in [-0.2, 0) is 0 Å². The molecule has 0 radical (unpaired) electrons. The normalized spacial score (nSPS) is 13.2. The number of hydrogen-bond acceptors (Lipinski definition) is 3. The van der Waals surface area contributed by atoms with Crippen LogP contribution in [0.1, 0.15) is 387 Å². The molecule has 0 aromatic rings. The number of rotatable bonds is 62. The average Bonchev–Trinajstić information content (AvgIpc) is 3.39. The zero-order valence-corrected chi connectivity index (χ0v) is 49.8. The van der Waals surface area contributed by atoms with Crippen molar-refractivity contribution in [2.75, 3.05) is 6.61 Å². The Hall–Kier alpha value is -0.900. The molecule has 0 aliphatic heterocycles. The second kappa shape index (κ2) is 59.3. The van der Waals surface area contributed by atoms with Crippen molar-refractivity contribution in [1.82, 2.24) is 0 Å². The highest BCUT2D eigenvalue weighted by Crippen LogP contribution is 2.37. The molecule has 3 heteroatoms. The summed E-state index contributed by atoms with van der Waals surface area (Å²) < 4.78 is 0. The van der Waals surface area contributed by atoms with E-state index in [1.807, 2.05) is 0 Å². The topological polar surface area (TPSA) is 60.7 Å². The van der Waals surface area contributed by atoms with E-state index in [0.717, 1.165) is 38.5 Å². The van der Waals surface area contributed by atoms with Crippen LogP contribution in [0.25, 0.3) is 0 Å². The van der Waals surface area contributed by atoms with Crippen molar-refractivity contribution >= 4 is 0 Å². The maximum absolute atomic E-state index is 12.3. The Labute approximate surface area is 454 Å². The average molecular weight is 1010 g/mol. The van der Waals surface area contributed by atoms with E-state index in [1.54, 1.807) is 0 Å². The summed E-state index contributed by atoms with van der Waals surface area (Å²) in [5, 5.41) is 35.0. The van der Waals surface area contributed by atoms with Crippen LogP contribution in [0.2, 0.25) is 0 Å². The highest BCUT2D eigenvalue weighted by molar-refractivity contribution is 4.99. The lowest BCUT2D eigenvalue weighted by Crippen LogP contribution is -2.56. The van der Waals surface area contributed by atoms with E-state index in [2.05, 4.69) is 57.2 Å². The Bertz CT molecular complexity index is 1040. The molecule has 0 amide bonds. The second-order valence-electron chi connectivity index (χ2n) is 23.5. The molecule has 1 unspecified atom stereocenters. The zero-order valence-electron chi connectivity index (χ0n) is 49.8. The largest absolute Gasteiger partial charge is 0.393 e. The van der Waals surface area contributed by atoms with Crippen LogP contribution in [0.5, 0.6) is 0 Å². The standard InChI is InChI=1S/C69H134O3/c1-4-7-10-13-16-19-22-25-28-31-34-37-40-43-46-49-52-55-58-61-64-68(71,65-62-59-56-53-50-47-44-41-38-35-32-29-26-23-20-17-14-11-8-5-2)69(72,67-70)66-63-60-57-54-51-48-45-42-39-36-33-30-27-24-21-18-15-12-9-6-3/h25-30,70-72H,4-24,31-67H2,1-3H3/b28-25-,29-26-,30-27-. The fourth-order valence-corrected chi connectivity index (χ4v) is 11.2. The Morgan fingerprint density at radius 2 is 0.361 bits per heavy atom. The molecule has 72 heavy (non-hydrogen) atoms. The molecule has 0 aromatic carbocycles. The SMILES string of the molecule is CCCCCCCC/C=C\CCCCCCCCCCCCC(O)(CO)C(O)(CCCCCCCCCCCC/C=C\CCCCCCCC)CCCCCCCCCCCC/C=C\CCCCCCCC. The number of aliphatic hydroxyl groups excluding tert-OH is 1. The fraction of sp³-hybridized carbons (Fsp3) is 0.913. The van der Waals surface area contributed by atoms with Gasteiger partial charge in [-0.2, -0.15) is 0 Å². The van der Waals surface area contributed by atoms with Gasteiger partial charge in [0, 0.05) is 0 Å². The molecule has 0 bridgehead atoms. The van der Waals surface area contributed by atoms with E-state index in [-0.39, 0.29) is 6.61 Å². The maximum Gasteiger partial charge on any atom is 0.116 e. The number of aliphatic hydroxyl groups is 3. The van der Waals surface area contributed by atoms with E-state index in [4.69, 9.17) is 0 Å². The van der Waals surface area contributed by atoms with Crippen molar-refractivity contribution in [3.63, 3.8) is 0 Å². The molecular weight excluding hydrogens is 877 g/mol. The Kier molecular flexibility index (Phi) is 58.6. The van der Waals surface area contributed by atoms with Crippen molar-refractivity contribution in [3.05, 3.63) is 36.5 Å². The van der Waals surface area contributed by atoms with Gasteiger partial charge in [0.25, 0.3) is 0 Å². The van der Waals surface area contributed by atoms with Gasteiger partial charge >= 0.3 is 0 Å². The first-order chi connectivity index (χ1) is 35.5. The molecule has 428 valence electrons. The van der Waals surface area contributed by atoms with Gasteiger partial charge in [-0.05, 0) is 96.3 Å². The van der Waals surface area contributed by atoms with Gasteiger partial charge in [-0.3, -0.25) is 0 Å². The molecular formula is C69H134O3. The maximum atomic E-state index is 12.3. The van der Waals surface area contributed by atoms with Crippen molar-refractivity contribution in [2.45, 2.75) is 398 Å². The summed E-state index contributed by atoms with van der Waals surface area (Å²) in [6.45, 7) is 6.54. The zero-order chi connectivity index (χ0) is 52.3. The summed E-state index contributed by atoms with van der Waals surface area (Å²) in [6.07, 6.45) is 86.6. The van der Waals surface area contributed by atoms with Crippen LogP contribution in [0, 0.1) is 0 Å². The van der Waals surface area contributed by atoms with Crippen LogP contribution in [0.15, 0.2) is 36.5 Å². The number of allylic oxidation sites excluding steroid dienone is 6. The van der Waals surface area contributed by atoms with E-state index in [9.17, 15) is 15.3 Å². The third-order valence-electron chi connectivity index (χ3n) is 16.4. The van der Waals surface area contributed by atoms with Gasteiger partial charge in [-0.15, -0.1) is 0 Å². The van der Waals surface area contributed by atoms with E-state index >= 15 is 0 Å². The summed E-state index contributed by atoms with van der Waals surface area (Å²) in [6, 6.07) is 0. The summed E-state index contributed by atoms with van der Waals surface area (Å²) in [4.78, 5) is 0. The molecule has 0 heterocycles. The van der Waals surface area contributed by atoms with Gasteiger partial charge in [0.05, 0.1) is 12.2 Å². The minimum atomic E-state index is -1.40. The molecule has 0 saturated carbocycles. The summed E-state index contributed by atoms with van der Waals surface area (Å²) >= 11 is 0. The molecule has 3 nitrogen and oxygen atoms in total. The van der Waals surface area contributed by atoms with Gasteiger partial charge in [-0.25, -0.2) is 0 Å². The molecule has 3 N–H and O–H groups in total. The van der Waals surface area contributed by atoms with Crippen LogP contribution in [0.4, 0.5) is 0 Å². The fourth-order valence-electron chi connectivity index (χ4n) is 11.2. The van der Waals surface area contributed by atoms with Crippen molar-refractivity contribution in [1.29, 1.82) is 0 Å². The highest BCUT2D eigenvalue weighted by Gasteiger charge is 2.47. The minimum Gasteiger partial charge on any atom is -0.393 e.